The molecule has 8 heteroatoms. The van der Waals surface area contributed by atoms with Crippen LogP contribution in [0.4, 0.5) is 5.69 Å². The highest BCUT2D eigenvalue weighted by molar-refractivity contribution is 7.92. The van der Waals surface area contributed by atoms with Gasteiger partial charge in [-0.05, 0) is 25.5 Å². The van der Waals surface area contributed by atoms with Crippen molar-refractivity contribution < 1.29 is 22.7 Å². The summed E-state index contributed by atoms with van der Waals surface area (Å²) >= 11 is 0. The highest BCUT2D eigenvalue weighted by atomic mass is 32.2. The van der Waals surface area contributed by atoms with Gasteiger partial charge < -0.3 is 14.8 Å². The van der Waals surface area contributed by atoms with Gasteiger partial charge in [0.25, 0.3) is 5.91 Å². The zero-order valence-electron chi connectivity index (χ0n) is 20.1. The van der Waals surface area contributed by atoms with Crippen LogP contribution in [0.2, 0.25) is 0 Å². The number of nitrogens with one attached hydrogen (secondary N) is 1. The Labute approximate surface area is 205 Å². The summed E-state index contributed by atoms with van der Waals surface area (Å²) in [6.45, 7) is 3.38. The molecule has 4 rings (SSSR count). The summed E-state index contributed by atoms with van der Waals surface area (Å²) in [5.41, 5.74) is 4.28. The standard InChI is InChI=1S/C27H28N2O5S/c1-17-10-12-20(13-11-17)26-25(27(31)28-3)22-14-21(19-8-6-5-7-9-19)23(15-24(22)34-26)29(16-18(2)30)35(4,32)33/h5-15,18,30H,16H2,1-4H3,(H,28,31). The molecule has 7 nitrogen and oxygen atoms in total. The maximum absolute atomic E-state index is 13.0. The topological polar surface area (TPSA) is 99.8 Å². The largest absolute Gasteiger partial charge is 0.455 e. The highest BCUT2D eigenvalue weighted by Crippen LogP contribution is 2.41. The normalized spacial score (nSPS) is 12.5. The van der Waals surface area contributed by atoms with Crippen molar-refractivity contribution >= 4 is 32.6 Å². The predicted octanol–water partition coefficient (Wildman–Crippen LogP) is 4.58. The second kappa shape index (κ2) is 9.56. The van der Waals surface area contributed by atoms with Gasteiger partial charge in [-0.3, -0.25) is 9.10 Å². The Bertz CT molecular complexity index is 1470. The minimum atomic E-state index is -3.74. The van der Waals surface area contributed by atoms with Gasteiger partial charge in [0.1, 0.15) is 11.3 Å². The SMILES string of the molecule is CNC(=O)c1c(-c2ccc(C)cc2)oc2cc(N(CC(C)O)S(C)(=O)=O)c(-c3ccccc3)cc12. The molecule has 1 atom stereocenters. The molecule has 35 heavy (non-hydrogen) atoms. The number of hydrogen-bond donors (Lipinski definition) is 2. The lowest BCUT2D eigenvalue weighted by Crippen LogP contribution is -2.36. The first-order valence-electron chi connectivity index (χ1n) is 11.2. The van der Waals surface area contributed by atoms with Crippen LogP contribution in [0.25, 0.3) is 33.4 Å². The Hall–Kier alpha value is -3.62. The minimum Gasteiger partial charge on any atom is -0.455 e. The summed E-state index contributed by atoms with van der Waals surface area (Å²) in [6, 6.07) is 20.4. The van der Waals surface area contributed by atoms with E-state index >= 15 is 0 Å². The monoisotopic (exact) mass is 492 g/mol. The van der Waals surface area contributed by atoms with Crippen LogP contribution in [0.5, 0.6) is 0 Å². The van der Waals surface area contributed by atoms with E-state index in [9.17, 15) is 18.3 Å². The fourth-order valence-corrected chi connectivity index (χ4v) is 5.09. The second-order valence-corrected chi connectivity index (χ2v) is 10.5. The number of amides is 1. The number of benzene rings is 3. The van der Waals surface area contributed by atoms with Crippen LogP contribution in [0.15, 0.2) is 71.1 Å². The summed E-state index contributed by atoms with van der Waals surface area (Å²) in [7, 11) is -2.18. The number of aryl methyl sites for hydroxylation is 1. The molecule has 1 aromatic heterocycles. The van der Waals surface area contributed by atoms with Crippen molar-refractivity contribution in [3.8, 4) is 22.5 Å². The molecular formula is C27H28N2O5S. The molecule has 2 N–H and O–H groups in total. The first-order chi connectivity index (χ1) is 16.6. The summed E-state index contributed by atoms with van der Waals surface area (Å²) in [5.74, 6) is 0.0898. The molecule has 0 spiro atoms. The van der Waals surface area contributed by atoms with Crippen LogP contribution in [0.3, 0.4) is 0 Å². The summed E-state index contributed by atoms with van der Waals surface area (Å²) in [6.07, 6.45) is 0.203. The van der Waals surface area contributed by atoms with Gasteiger partial charge in [-0.2, -0.15) is 0 Å². The highest BCUT2D eigenvalue weighted by Gasteiger charge is 2.27. The molecule has 0 aliphatic heterocycles. The Balaban J connectivity index is 2.08. The molecule has 4 aromatic rings. The smallest absolute Gasteiger partial charge is 0.255 e. The van der Waals surface area contributed by atoms with Gasteiger partial charge in [0.2, 0.25) is 10.0 Å². The number of nitrogens with zero attached hydrogens (tertiary/aromatic N) is 1. The van der Waals surface area contributed by atoms with Crippen LogP contribution >= 0.6 is 0 Å². The van der Waals surface area contributed by atoms with Gasteiger partial charge in [-0.15, -0.1) is 0 Å². The van der Waals surface area contributed by atoms with Crippen molar-refractivity contribution in [2.75, 3.05) is 24.2 Å². The molecule has 1 heterocycles. The van der Waals surface area contributed by atoms with E-state index < -0.39 is 16.1 Å². The summed E-state index contributed by atoms with van der Waals surface area (Å²) < 4.78 is 33.0. The molecule has 3 aromatic carbocycles. The van der Waals surface area contributed by atoms with Gasteiger partial charge in [0, 0.05) is 29.6 Å². The van der Waals surface area contributed by atoms with Crippen LogP contribution in [0.1, 0.15) is 22.8 Å². The molecule has 0 bridgehead atoms. The van der Waals surface area contributed by atoms with Gasteiger partial charge in [-0.1, -0.05) is 60.2 Å². The van der Waals surface area contributed by atoms with E-state index in [2.05, 4.69) is 5.32 Å². The van der Waals surface area contributed by atoms with Gasteiger partial charge in [0.15, 0.2) is 0 Å². The second-order valence-electron chi connectivity index (χ2n) is 8.63. The fourth-order valence-electron chi connectivity index (χ4n) is 4.10. The number of sulfonamides is 1. The molecular weight excluding hydrogens is 464 g/mol. The van der Waals surface area contributed by atoms with Crippen LogP contribution in [-0.2, 0) is 10.0 Å². The fraction of sp³-hybridized carbons (Fsp3) is 0.222. The van der Waals surface area contributed by atoms with E-state index in [4.69, 9.17) is 4.42 Å². The van der Waals surface area contributed by atoms with E-state index in [1.165, 1.54) is 11.2 Å². The maximum atomic E-state index is 13.0. The van der Waals surface area contributed by atoms with Crippen LogP contribution in [0, 0.1) is 6.92 Å². The van der Waals surface area contributed by atoms with Crippen molar-refractivity contribution in [1.82, 2.24) is 5.32 Å². The van der Waals surface area contributed by atoms with Crippen molar-refractivity contribution in [2.24, 2.45) is 0 Å². The number of rotatable bonds is 7. The summed E-state index contributed by atoms with van der Waals surface area (Å²) in [4.78, 5) is 13.0. The molecule has 182 valence electrons. The molecule has 0 fully saturated rings. The van der Waals surface area contributed by atoms with Crippen molar-refractivity contribution in [3.63, 3.8) is 0 Å². The molecule has 1 unspecified atom stereocenters. The Morgan fingerprint density at radius 2 is 1.71 bits per heavy atom. The number of anilines is 1. The number of aliphatic hydroxyl groups excluding tert-OH is 1. The number of carbonyl (C=O) groups is 1. The average molecular weight is 493 g/mol. The Morgan fingerprint density at radius 3 is 2.29 bits per heavy atom. The van der Waals surface area contributed by atoms with Crippen LogP contribution in [-0.4, -0.2) is 45.4 Å². The average Bonchev–Trinajstić information content (AvgIpc) is 3.20. The van der Waals surface area contributed by atoms with Gasteiger partial charge in [0.05, 0.1) is 30.2 Å². The molecule has 0 aliphatic rings. The number of fused-ring (bicyclic) bond motifs is 1. The lowest BCUT2D eigenvalue weighted by atomic mass is 9.98. The maximum Gasteiger partial charge on any atom is 0.255 e. The molecule has 0 saturated heterocycles. The molecule has 0 aliphatic carbocycles. The van der Waals surface area contributed by atoms with Crippen LogP contribution < -0.4 is 9.62 Å². The van der Waals surface area contributed by atoms with E-state index in [1.807, 2.05) is 61.5 Å². The van der Waals surface area contributed by atoms with Gasteiger partial charge >= 0.3 is 0 Å². The summed E-state index contributed by atoms with van der Waals surface area (Å²) in [5, 5.41) is 13.3. The number of furan rings is 1. The third-order valence-electron chi connectivity index (χ3n) is 5.76. The lowest BCUT2D eigenvalue weighted by Gasteiger charge is -2.26. The van der Waals surface area contributed by atoms with E-state index in [1.54, 1.807) is 19.2 Å². The van der Waals surface area contributed by atoms with Crippen molar-refractivity contribution in [1.29, 1.82) is 0 Å². The third-order valence-corrected chi connectivity index (χ3v) is 6.90. The molecule has 1 amide bonds. The lowest BCUT2D eigenvalue weighted by molar-refractivity contribution is 0.0964. The predicted molar refractivity (Wildman–Crippen MR) is 139 cm³/mol. The number of carbonyl (C=O) groups excluding carboxylic acids is 1. The zero-order valence-corrected chi connectivity index (χ0v) is 20.9. The van der Waals surface area contributed by atoms with E-state index in [0.29, 0.717) is 33.5 Å². The zero-order chi connectivity index (χ0) is 25.3. The van der Waals surface area contributed by atoms with E-state index in [0.717, 1.165) is 22.9 Å². The molecule has 0 radical (unpaired) electrons. The van der Waals surface area contributed by atoms with Gasteiger partial charge in [-0.25, -0.2) is 8.42 Å². The first kappa shape index (κ1) is 24.5. The van der Waals surface area contributed by atoms with Crippen molar-refractivity contribution in [3.05, 3.63) is 77.9 Å². The number of hydrogen-bond acceptors (Lipinski definition) is 5. The third kappa shape index (κ3) is 4.94. The Morgan fingerprint density at radius 1 is 1.06 bits per heavy atom. The van der Waals surface area contributed by atoms with Crippen molar-refractivity contribution in [2.45, 2.75) is 20.0 Å². The molecule has 0 saturated carbocycles. The first-order valence-corrected chi connectivity index (χ1v) is 13.1. The van der Waals surface area contributed by atoms with E-state index in [-0.39, 0.29) is 12.5 Å². The minimum absolute atomic E-state index is 0.127. The Kier molecular flexibility index (Phi) is 6.69. The quantitative estimate of drug-likeness (QED) is 0.393. The number of aliphatic hydroxyl groups is 1.